The highest BCUT2D eigenvalue weighted by atomic mass is 32.2. The zero-order valence-corrected chi connectivity index (χ0v) is 31.5. The summed E-state index contributed by atoms with van der Waals surface area (Å²) in [6.07, 6.45) is -0.0531. The van der Waals surface area contributed by atoms with Crippen LogP contribution >= 0.6 is 23.5 Å². The fraction of sp³-hybridized carbons (Fsp3) is 0.632. The van der Waals surface area contributed by atoms with E-state index in [9.17, 15) is 30.0 Å². The first kappa shape index (κ1) is 38.1. The number of aliphatic carboxylic acids is 2. The van der Waals surface area contributed by atoms with Gasteiger partial charge in [-0.1, -0.05) is 107 Å². The minimum absolute atomic E-state index is 0.00287. The molecule has 6 nitrogen and oxygen atoms in total. The number of carboxylic acids is 2. The van der Waals surface area contributed by atoms with E-state index in [4.69, 9.17) is 0 Å². The van der Waals surface area contributed by atoms with Crippen molar-refractivity contribution in [3.05, 3.63) is 57.6 Å². The Morgan fingerprint density at radius 1 is 0.587 bits per heavy atom. The third-order valence-electron chi connectivity index (χ3n) is 8.99. The lowest BCUT2D eigenvalue weighted by Gasteiger charge is -2.38. The average Bonchev–Trinajstić information content (AvgIpc) is 2.88. The SMILES string of the molecule is CC(C)(C)c1cc(C(CC(=O)O)C2CSC(C(CC(=O)O)c3cc(C(C)(C)C)c(O)c(C(C)(C)C)c3)CS2)cc(C(C)(C)C)c1O. The van der Waals surface area contributed by atoms with Crippen molar-refractivity contribution in [3.63, 3.8) is 0 Å². The minimum Gasteiger partial charge on any atom is -0.507 e. The topological polar surface area (TPSA) is 115 Å². The lowest BCUT2D eigenvalue weighted by Crippen LogP contribution is -2.32. The average molecular weight is 673 g/mol. The van der Waals surface area contributed by atoms with Crippen LogP contribution in [-0.4, -0.2) is 54.4 Å². The molecule has 0 spiro atoms. The third kappa shape index (κ3) is 8.97. The lowest BCUT2D eigenvalue weighted by atomic mass is 9.76. The van der Waals surface area contributed by atoms with Gasteiger partial charge in [-0.2, -0.15) is 23.5 Å². The molecule has 4 atom stereocenters. The van der Waals surface area contributed by atoms with Crippen LogP contribution in [0, 0.1) is 0 Å². The van der Waals surface area contributed by atoms with Crippen molar-refractivity contribution in [1.29, 1.82) is 0 Å². The number of aromatic hydroxyl groups is 2. The molecule has 1 heterocycles. The van der Waals surface area contributed by atoms with Gasteiger partial charge in [0.2, 0.25) is 0 Å². The Morgan fingerprint density at radius 2 is 0.826 bits per heavy atom. The molecule has 0 saturated carbocycles. The summed E-state index contributed by atoms with van der Waals surface area (Å²) in [4.78, 5) is 24.5. The molecular formula is C38H56O6S2. The number of benzene rings is 2. The van der Waals surface area contributed by atoms with Gasteiger partial charge in [0, 0.05) is 33.8 Å². The van der Waals surface area contributed by atoms with Crippen LogP contribution in [0.1, 0.15) is 141 Å². The molecule has 46 heavy (non-hydrogen) atoms. The smallest absolute Gasteiger partial charge is 0.304 e. The normalized spacial score (nSPS) is 19.5. The maximum atomic E-state index is 12.2. The fourth-order valence-electron chi connectivity index (χ4n) is 6.33. The monoisotopic (exact) mass is 672 g/mol. The Morgan fingerprint density at radius 3 is 1.00 bits per heavy atom. The molecule has 2 aromatic rings. The summed E-state index contributed by atoms with van der Waals surface area (Å²) >= 11 is 3.46. The third-order valence-corrected chi connectivity index (χ3v) is 12.4. The van der Waals surface area contributed by atoms with Gasteiger partial charge in [0.25, 0.3) is 0 Å². The van der Waals surface area contributed by atoms with Gasteiger partial charge in [0.15, 0.2) is 0 Å². The van der Waals surface area contributed by atoms with Gasteiger partial charge in [-0.3, -0.25) is 9.59 Å². The first-order valence-corrected chi connectivity index (χ1v) is 18.3. The van der Waals surface area contributed by atoms with Crippen LogP contribution in [0.15, 0.2) is 24.3 Å². The predicted molar refractivity (Wildman–Crippen MR) is 193 cm³/mol. The molecule has 2 aromatic carbocycles. The van der Waals surface area contributed by atoms with Crippen molar-refractivity contribution in [3.8, 4) is 11.5 Å². The van der Waals surface area contributed by atoms with E-state index in [0.29, 0.717) is 11.5 Å². The number of hydrogen-bond acceptors (Lipinski definition) is 6. The largest absolute Gasteiger partial charge is 0.507 e. The molecule has 1 fully saturated rings. The molecule has 0 radical (unpaired) electrons. The highest BCUT2D eigenvalue weighted by Gasteiger charge is 2.38. The molecule has 1 aliphatic rings. The zero-order chi connectivity index (χ0) is 35.2. The molecule has 4 N–H and O–H groups in total. The van der Waals surface area contributed by atoms with Gasteiger partial charge in [0.1, 0.15) is 11.5 Å². The number of hydrogen-bond donors (Lipinski definition) is 4. The van der Waals surface area contributed by atoms with E-state index >= 15 is 0 Å². The van der Waals surface area contributed by atoms with Crippen molar-refractivity contribution in [2.24, 2.45) is 0 Å². The number of carboxylic acid groups (broad SMARTS) is 2. The van der Waals surface area contributed by atoms with Crippen LogP contribution in [0.3, 0.4) is 0 Å². The number of carbonyl (C=O) groups is 2. The van der Waals surface area contributed by atoms with Gasteiger partial charge in [0.05, 0.1) is 12.8 Å². The Hall–Kier alpha value is -2.32. The standard InChI is InChI=1S/C38H56O6S2/c1-35(2,3)25-13-21(14-26(33(25)43)36(4,5)6)23(17-31(39)40)29-19-46-30(20-45-29)24(18-32(41)42)22-15-27(37(7,8)9)34(44)28(16-22)38(10,11)12/h13-16,23-24,29-30,43-44H,17-20H2,1-12H3,(H,39,40)(H,41,42). The first-order chi connectivity index (χ1) is 20.8. The maximum Gasteiger partial charge on any atom is 0.304 e. The van der Waals surface area contributed by atoms with Crippen LogP contribution in [0.2, 0.25) is 0 Å². The zero-order valence-electron chi connectivity index (χ0n) is 29.9. The van der Waals surface area contributed by atoms with E-state index in [-0.39, 0.29) is 68.3 Å². The predicted octanol–water partition coefficient (Wildman–Crippen LogP) is 9.32. The summed E-state index contributed by atoms with van der Waals surface area (Å²) in [7, 11) is 0. The second kappa shape index (κ2) is 13.7. The minimum atomic E-state index is -0.863. The molecule has 0 aliphatic carbocycles. The van der Waals surface area contributed by atoms with Crippen molar-refractivity contribution in [2.45, 2.75) is 140 Å². The van der Waals surface area contributed by atoms with Crippen molar-refractivity contribution < 1.29 is 30.0 Å². The van der Waals surface area contributed by atoms with Gasteiger partial charge >= 0.3 is 11.9 Å². The summed E-state index contributed by atoms with van der Waals surface area (Å²) in [5, 5.41) is 42.7. The van der Waals surface area contributed by atoms with E-state index in [1.54, 1.807) is 23.5 Å². The Kier molecular flexibility index (Phi) is 11.3. The Bertz CT molecular complexity index is 1250. The highest BCUT2D eigenvalue weighted by Crippen LogP contribution is 2.49. The summed E-state index contributed by atoms with van der Waals surface area (Å²) in [6.45, 7) is 24.7. The molecule has 0 bridgehead atoms. The van der Waals surface area contributed by atoms with E-state index in [1.807, 2.05) is 24.3 Å². The summed E-state index contributed by atoms with van der Waals surface area (Å²) in [5.74, 6) is -0.366. The molecule has 0 aromatic heterocycles. The van der Waals surface area contributed by atoms with Crippen molar-refractivity contribution >= 4 is 35.5 Å². The van der Waals surface area contributed by atoms with Gasteiger partial charge < -0.3 is 20.4 Å². The second-order valence-electron chi connectivity index (χ2n) is 17.1. The van der Waals surface area contributed by atoms with Gasteiger partial charge in [-0.05, 0) is 55.0 Å². The van der Waals surface area contributed by atoms with Gasteiger partial charge in [-0.25, -0.2) is 0 Å². The molecule has 0 amide bonds. The Labute approximate surface area is 285 Å². The fourth-order valence-corrected chi connectivity index (χ4v) is 9.88. The number of phenolic OH excluding ortho intramolecular Hbond substituents is 2. The second-order valence-corrected chi connectivity index (χ2v) is 19.6. The number of thioether (sulfide) groups is 2. The van der Waals surface area contributed by atoms with Crippen LogP contribution in [0.4, 0.5) is 0 Å². The van der Waals surface area contributed by atoms with E-state index < -0.39 is 11.9 Å². The van der Waals surface area contributed by atoms with Crippen LogP contribution in [-0.2, 0) is 31.2 Å². The van der Waals surface area contributed by atoms with Crippen LogP contribution in [0.25, 0.3) is 0 Å². The molecule has 8 heteroatoms. The molecule has 1 saturated heterocycles. The number of phenols is 2. The highest BCUT2D eigenvalue weighted by molar-refractivity contribution is 8.07. The van der Waals surface area contributed by atoms with Crippen molar-refractivity contribution in [1.82, 2.24) is 0 Å². The van der Waals surface area contributed by atoms with E-state index in [1.165, 1.54) is 0 Å². The lowest BCUT2D eigenvalue weighted by molar-refractivity contribution is -0.138. The quantitative estimate of drug-likeness (QED) is 0.219. The Balaban J connectivity index is 2.05. The van der Waals surface area contributed by atoms with Crippen LogP contribution in [0.5, 0.6) is 11.5 Å². The van der Waals surface area contributed by atoms with E-state index in [0.717, 1.165) is 33.4 Å². The number of rotatable bonds is 8. The molecular weight excluding hydrogens is 617 g/mol. The first-order valence-electron chi connectivity index (χ1n) is 16.2. The van der Waals surface area contributed by atoms with E-state index in [2.05, 4.69) is 83.1 Å². The molecule has 3 rings (SSSR count). The summed E-state index contributed by atoms with van der Waals surface area (Å²) in [5.41, 5.74) is 3.78. The van der Waals surface area contributed by atoms with Gasteiger partial charge in [-0.15, -0.1) is 0 Å². The summed E-state index contributed by atoms with van der Waals surface area (Å²) in [6, 6.07) is 8.00. The summed E-state index contributed by atoms with van der Waals surface area (Å²) < 4.78 is 0. The van der Waals surface area contributed by atoms with Crippen LogP contribution < -0.4 is 0 Å². The molecule has 1 aliphatic heterocycles. The maximum absolute atomic E-state index is 12.2. The van der Waals surface area contributed by atoms with Crippen molar-refractivity contribution in [2.75, 3.05) is 11.5 Å². The molecule has 256 valence electrons. The molecule has 4 unspecified atom stereocenters.